The fraction of sp³-hybridized carbons (Fsp3) is 0.538. The third-order valence-electron chi connectivity index (χ3n) is 3.25. The number of carbonyl (C=O) groups excluding carboxylic acids is 1. The van der Waals surface area contributed by atoms with Gasteiger partial charge in [0.15, 0.2) is 4.67 Å². The Bertz CT molecular complexity index is 479. The lowest BCUT2D eigenvalue weighted by Crippen LogP contribution is -2.41. The van der Waals surface area contributed by atoms with Gasteiger partial charge in [0.1, 0.15) is 0 Å². The molecule has 20 heavy (non-hydrogen) atoms. The molecule has 2 heterocycles. The predicted octanol–water partition coefficient (Wildman–Crippen LogP) is 2.14. The first-order chi connectivity index (χ1) is 9.58. The van der Waals surface area contributed by atoms with E-state index < -0.39 is 5.97 Å². The van der Waals surface area contributed by atoms with Crippen molar-refractivity contribution in [3.63, 3.8) is 0 Å². The van der Waals surface area contributed by atoms with Crippen LogP contribution in [0.15, 0.2) is 21.4 Å². The van der Waals surface area contributed by atoms with Crippen molar-refractivity contribution in [3.8, 4) is 0 Å². The molecule has 2 rings (SSSR count). The van der Waals surface area contributed by atoms with Crippen molar-refractivity contribution < 1.29 is 23.8 Å². The van der Waals surface area contributed by atoms with Crippen molar-refractivity contribution in [1.82, 2.24) is 4.90 Å². The zero-order chi connectivity index (χ0) is 14.5. The summed E-state index contributed by atoms with van der Waals surface area (Å²) in [5, 5.41) is 8.54. The van der Waals surface area contributed by atoms with Crippen LogP contribution in [-0.4, -0.2) is 47.7 Å². The van der Waals surface area contributed by atoms with Gasteiger partial charge < -0.3 is 19.2 Å². The van der Waals surface area contributed by atoms with Crippen LogP contribution in [-0.2, 0) is 9.53 Å². The van der Waals surface area contributed by atoms with Crippen LogP contribution in [0.2, 0.25) is 0 Å². The van der Waals surface area contributed by atoms with Gasteiger partial charge in [0.25, 0.3) is 5.91 Å². The number of piperidine rings is 1. The number of furan rings is 1. The number of carboxylic acids is 1. The summed E-state index contributed by atoms with van der Waals surface area (Å²) in [6, 6.07) is 1.64. The Hall–Kier alpha value is -1.34. The van der Waals surface area contributed by atoms with Crippen molar-refractivity contribution in [3.05, 3.63) is 22.6 Å². The Balaban J connectivity index is 1.78. The van der Waals surface area contributed by atoms with Crippen LogP contribution in [0.4, 0.5) is 0 Å². The van der Waals surface area contributed by atoms with Gasteiger partial charge in [0.2, 0.25) is 0 Å². The van der Waals surface area contributed by atoms with Gasteiger partial charge in [-0.15, -0.1) is 0 Å². The largest absolute Gasteiger partial charge is 0.481 e. The molecule has 1 aromatic heterocycles. The molecule has 0 aromatic carbocycles. The van der Waals surface area contributed by atoms with Gasteiger partial charge in [-0.2, -0.15) is 0 Å². The summed E-state index contributed by atoms with van der Waals surface area (Å²) in [4.78, 5) is 24.4. The van der Waals surface area contributed by atoms with Crippen molar-refractivity contribution in [1.29, 1.82) is 0 Å². The summed E-state index contributed by atoms with van der Waals surface area (Å²) < 4.78 is 11.0. The quantitative estimate of drug-likeness (QED) is 0.884. The van der Waals surface area contributed by atoms with Gasteiger partial charge in [-0.3, -0.25) is 9.59 Å². The van der Waals surface area contributed by atoms with E-state index in [4.69, 9.17) is 14.3 Å². The summed E-state index contributed by atoms with van der Waals surface area (Å²) in [7, 11) is 0. The van der Waals surface area contributed by atoms with Gasteiger partial charge >= 0.3 is 5.97 Å². The molecule has 1 amide bonds. The van der Waals surface area contributed by atoms with Crippen LogP contribution >= 0.6 is 15.9 Å². The number of hydrogen-bond acceptors (Lipinski definition) is 4. The molecule has 1 N–H and O–H groups in total. The van der Waals surface area contributed by atoms with Crippen molar-refractivity contribution >= 4 is 27.8 Å². The first-order valence-electron chi connectivity index (χ1n) is 6.43. The number of amides is 1. The lowest BCUT2D eigenvalue weighted by atomic mass is 10.1. The van der Waals surface area contributed by atoms with Crippen LogP contribution in [0.1, 0.15) is 29.6 Å². The standard InChI is InChI=1S/C13H16BrNO5/c14-12-10(3-7-20-12)13(18)15-5-1-9(2-6-15)19-8-4-11(16)17/h3,7,9H,1-2,4-6,8H2,(H,16,17). The fourth-order valence-corrected chi connectivity index (χ4v) is 2.56. The fourth-order valence-electron chi connectivity index (χ4n) is 2.15. The highest BCUT2D eigenvalue weighted by atomic mass is 79.9. The molecule has 1 aromatic rings. The lowest BCUT2D eigenvalue weighted by Gasteiger charge is -2.31. The monoisotopic (exact) mass is 345 g/mol. The third kappa shape index (κ3) is 3.83. The number of rotatable bonds is 5. The lowest BCUT2D eigenvalue weighted by molar-refractivity contribution is -0.138. The van der Waals surface area contributed by atoms with Gasteiger partial charge in [-0.25, -0.2) is 0 Å². The van der Waals surface area contributed by atoms with E-state index in [0.29, 0.717) is 23.3 Å². The van der Waals surface area contributed by atoms with Gasteiger partial charge in [0.05, 0.1) is 31.0 Å². The first kappa shape index (κ1) is 15.1. The van der Waals surface area contributed by atoms with E-state index in [1.807, 2.05) is 0 Å². The summed E-state index contributed by atoms with van der Waals surface area (Å²) in [6.07, 6.45) is 2.97. The molecule has 1 aliphatic heterocycles. The number of carboxylic acid groups (broad SMARTS) is 1. The molecule has 0 saturated carbocycles. The molecule has 0 unspecified atom stereocenters. The summed E-state index contributed by atoms with van der Waals surface area (Å²) in [5.74, 6) is -0.919. The van der Waals surface area contributed by atoms with Crippen LogP contribution < -0.4 is 0 Å². The van der Waals surface area contributed by atoms with Crippen LogP contribution in [0, 0.1) is 0 Å². The first-order valence-corrected chi connectivity index (χ1v) is 7.23. The summed E-state index contributed by atoms with van der Waals surface area (Å²) in [6.45, 7) is 1.43. The van der Waals surface area contributed by atoms with Gasteiger partial charge in [-0.05, 0) is 34.8 Å². The normalized spacial score (nSPS) is 16.4. The SMILES string of the molecule is O=C(O)CCOC1CCN(C(=O)c2ccoc2Br)CC1. The highest BCUT2D eigenvalue weighted by Crippen LogP contribution is 2.22. The molecule has 0 bridgehead atoms. The Morgan fingerprint density at radius 3 is 2.70 bits per heavy atom. The van der Waals surface area contributed by atoms with Crippen LogP contribution in [0.3, 0.4) is 0 Å². The topological polar surface area (TPSA) is 80.0 Å². The molecule has 110 valence electrons. The van der Waals surface area contributed by atoms with E-state index in [2.05, 4.69) is 15.9 Å². The zero-order valence-corrected chi connectivity index (χ0v) is 12.5. The minimum atomic E-state index is -0.859. The Morgan fingerprint density at radius 1 is 1.45 bits per heavy atom. The minimum absolute atomic E-state index is 0.0150. The molecule has 7 heteroatoms. The maximum Gasteiger partial charge on any atom is 0.305 e. The highest BCUT2D eigenvalue weighted by Gasteiger charge is 2.26. The van der Waals surface area contributed by atoms with Crippen molar-refractivity contribution in [2.75, 3.05) is 19.7 Å². The van der Waals surface area contributed by atoms with E-state index in [1.54, 1.807) is 11.0 Å². The van der Waals surface area contributed by atoms with Crippen molar-refractivity contribution in [2.24, 2.45) is 0 Å². The second-order valence-electron chi connectivity index (χ2n) is 4.61. The number of likely N-dealkylation sites (tertiary alicyclic amines) is 1. The molecule has 0 radical (unpaired) electrons. The van der Waals surface area contributed by atoms with Gasteiger partial charge in [0, 0.05) is 13.1 Å². The average molecular weight is 346 g/mol. The molecule has 0 spiro atoms. The minimum Gasteiger partial charge on any atom is -0.481 e. The zero-order valence-electron chi connectivity index (χ0n) is 10.9. The predicted molar refractivity (Wildman–Crippen MR) is 73.5 cm³/mol. The number of carbonyl (C=O) groups is 2. The molecule has 1 fully saturated rings. The van der Waals surface area contributed by atoms with E-state index in [0.717, 1.165) is 12.8 Å². The van der Waals surface area contributed by atoms with E-state index >= 15 is 0 Å². The van der Waals surface area contributed by atoms with E-state index in [9.17, 15) is 9.59 Å². The number of ether oxygens (including phenoxy) is 1. The molecule has 0 atom stereocenters. The van der Waals surface area contributed by atoms with Gasteiger partial charge in [-0.1, -0.05) is 0 Å². The molecule has 0 aliphatic carbocycles. The smallest absolute Gasteiger partial charge is 0.305 e. The van der Waals surface area contributed by atoms with Crippen LogP contribution in [0.5, 0.6) is 0 Å². The second kappa shape index (κ2) is 6.90. The Labute approximate surface area is 124 Å². The summed E-state index contributed by atoms with van der Waals surface area (Å²) in [5.41, 5.74) is 0.523. The molecular weight excluding hydrogens is 330 g/mol. The number of halogens is 1. The maximum atomic E-state index is 12.2. The molecule has 1 saturated heterocycles. The molecule has 1 aliphatic rings. The molecule has 6 nitrogen and oxygen atoms in total. The third-order valence-corrected chi connectivity index (χ3v) is 3.86. The summed E-state index contributed by atoms with van der Waals surface area (Å²) >= 11 is 3.20. The number of nitrogens with zero attached hydrogens (tertiary/aromatic N) is 1. The van der Waals surface area contributed by atoms with E-state index in [-0.39, 0.29) is 25.0 Å². The van der Waals surface area contributed by atoms with Crippen LogP contribution in [0.25, 0.3) is 0 Å². The Morgan fingerprint density at radius 2 is 2.15 bits per heavy atom. The van der Waals surface area contributed by atoms with E-state index in [1.165, 1.54) is 6.26 Å². The van der Waals surface area contributed by atoms with Crippen molar-refractivity contribution in [2.45, 2.75) is 25.4 Å². The average Bonchev–Trinajstić information content (AvgIpc) is 2.84. The second-order valence-corrected chi connectivity index (χ2v) is 5.33. The Kier molecular flexibility index (Phi) is 5.19. The number of hydrogen-bond donors (Lipinski definition) is 1. The molecular formula is C13H16BrNO5. The number of aliphatic carboxylic acids is 1. The highest BCUT2D eigenvalue weighted by molar-refractivity contribution is 9.10. The maximum absolute atomic E-state index is 12.2.